The van der Waals surface area contributed by atoms with Gasteiger partial charge in [0.05, 0.1) is 0 Å². The summed E-state index contributed by atoms with van der Waals surface area (Å²) in [7, 11) is 0. The van der Waals surface area contributed by atoms with Gasteiger partial charge in [-0.1, -0.05) is 12.8 Å². The van der Waals surface area contributed by atoms with Crippen LogP contribution in [0.15, 0.2) is 6.07 Å². The summed E-state index contributed by atoms with van der Waals surface area (Å²) in [5, 5.41) is 0. The van der Waals surface area contributed by atoms with Crippen molar-refractivity contribution in [3.8, 4) is 0 Å². The Morgan fingerprint density at radius 3 is 2.29 bits per heavy atom. The van der Waals surface area contributed by atoms with Crippen LogP contribution in [0.1, 0.15) is 74.7 Å². The highest BCUT2D eigenvalue weighted by Gasteiger charge is 2.32. The van der Waals surface area contributed by atoms with Gasteiger partial charge < -0.3 is 10.6 Å². The van der Waals surface area contributed by atoms with Gasteiger partial charge in [-0.25, -0.2) is 9.97 Å². The number of rotatable bonds is 3. The Hall–Kier alpha value is -1.16. The van der Waals surface area contributed by atoms with Crippen molar-refractivity contribution in [3.05, 3.63) is 17.6 Å². The molecule has 21 heavy (non-hydrogen) atoms. The average Bonchev–Trinajstić information content (AvgIpc) is 3.29. The van der Waals surface area contributed by atoms with E-state index in [1.807, 2.05) is 0 Å². The van der Waals surface area contributed by atoms with Crippen molar-refractivity contribution in [1.29, 1.82) is 0 Å². The summed E-state index contributed by atoms with van der Waals surface area (Å²) in [6, 6.07) is 2.64. The summed E-state index contributed by atoms with van der Waals surface area (Å²) < 4.78 is 0. The molecule has 0 atom stereocenters. The summed E-state index contributed by atoms with van der Waals surface area (Å²) in [5.74, 6) is 3.49. The first-order valence-electron chi connectivity index (χ1n) is 8.69. The maximum atomic E-state index is 5.96. The zero-order chi connectivity index (χ0) is 14.2. The third kappa shape index (κ3) is 2.91. The van der Waals surface area contributed by atoms with Crippen LogP contribution in [0.2, 0.25) is 0 Å². The van der Waals surface area contributed by atoms with Gasteiger partial charge in [-0.05, 0) is 38.5 Å². The molecule has 3 aliphatic rings. The van der Waals surface area contributed by atoms with Crippen LogP contribution in [0, 0.1) is 0 Å². The Morgan fingerprint density at radius 2 is 1.67 bits per heavy atom. The third-order valence-corrected chi connectivity index (χ3v) is 5.22. The molecule has 2 N–H and O–H groups in total. The zero-order valence-electron chi connectivity index (χ0n) is 12.8. The number of aromatic nitrogens is 2. The molecule has 3 fully saturated rings. The number of nitrogens with two attached hydrogens (primary N) is 1. The SMILES string of the molecule is NC1CC(c2cc(N3CCCCCC3)nc(C3CC3)n2)C1. The van der Waals surface area contributed by atoms with Crippen molar-refractivity contribution >= 4 is 5.82 Å². The molecule has 4 rings (SSSR count). The van der Waals surface area contributed by atoms with E-state index in [1.165, 1.54) is 50.0 Å². The van der Waals surface area contributed by atoms with E-state index >= 15 is 0 Å². The fourth-order valence-corrected chi connectivity index (χ4v) is 3.57. The standard InChI is InChI=1S/C17H26N4/c18-14-9-13(10-14)15-11-16(20-17(19-15)12-5-6-12)21-7-3-1-2-4-8-21/h11-14H,1-10,18H2. The first-order valence-corrected chi connectivity index (χ1v) is 8.69. The molecule has 2 saturated carbocycles. The van der Waals surface area contributed by atoms with Gasteiger partial charge in [0.1, 0.15) is 11.6 Å². The Kier molecular flexibility index (Phi) is 3.57. The van der Waals surface area contributed by atoms with E-state index < -0.39 is 0 Å². The zero-order valence-corrected chi connectivity index (χ0v) is 12.8. The second-order valence-corrected chi connectivity index (χ2v) is 7.11. The average molecular weight is 286 g/mol. The first-order chi connectivity index (χ1) is 10.3. The summed E-state index contributed by atoms with van der Waals surface area (Å²) >= 11 is 0. The molecule has 0 bridgehead atoms. The highest BCUT2D eigenvalue weighted by atomic mass is 15.2. The molecular formula is C17H26N4. The van der Waals surface area contributed by atoms with Crippen LogP contribution in [0.4, 0.5) is 5.82 Å². The highest BCUT2D eigenvalue weighted by Crippen LogP contribution is 2.41. The number of hydrogen-bond donors (Lipinski definition) is 1. The van der Waals surface area contributed by atoms with Gasteiger partial charge >= 0.3 is 0 Å². The molecular weight excluding hydrogens is 260 g/mol. The maximum absolute atomic E-state index is 5.96. The van der Waals surface area contributed by atoms with Gasteiger partial charge in [-0.2, -0.15) is 0 Å². The van der Waals surface area contributed by atoms with Gasteiger partial charge in [-0.3, -0.25) is 0 Å². The molecule has 4 nitrogen and oxygen atoms in total. The molecule has 4 heteroatoms. The molecule has 2 heterocycles. The number of nitrogens with zero attached hydrogens (tertiary/aromatic N) is 3. The molecule has 0 unspecified atom stereocenters. The van der Waals surface area contributed by atoms with Gasteiger partial charge in [0, 0.05) is 42.7 Å². The van der Waals surface area contributed by atoms with E-state index in [0.717, 1.165) is 31.8 Å². The Balaban J connectivity index is 1.61. The van der Waals surface area contributed by atoms with Crippen LogP contribution in [-0.2, 0) is 0 Å². The van der Waals surface area contributed by atoms with Crippen LogP contribution in [0.25, 0.3) is 0 Å². The summed E-state index contributed by atoms with van der Waals surface area (Å²) in [5.41, 5.74) is 7.22. The van der Waals surface area contributed by atoms with Crippen molar-refractivity contribution in [1.82, 2.24) is 9.97 Å². The molecule has 1 saturated heterocycles. The molecule has 0 spiro atoms. The normalized spacial score (nSPS) is 29.9. The summed E-state index contributed by atoms with van der Waals surface area (Å²) in [4.78, 5) is 12.3. The number of hydrogen-bond acceptors (Lipinski definition) is 4. The van der Waals surface area contributed by atoms with Crippen molar-refractivity contribution in [2.24, 2.45) is 5.73 Å². The van der Waals surface area contributed by atoms with Crippen molar-refractivity contribution in [3.63, 3.8) is 0 Å². The molecule has 2 aliphatic carbocycles. The summed E-state index contributed by atoms with van der Waals surface area (Å²) in [6.07, 6.45) is 10.1. The van der Waals surface area contributed by atoms with Gasteiger partial charge in [0.2, 0.25) is 0 Å². The Labute approximate surface area is 127 Å². The number of anilines is 1. The molecule has 1 aromatic heterocycles. The second kappa shape index (κ2) is 5.56. The third-order valence-electron chi connectivity index (χ3n) is 5.22. The van der Waals surface area contributed by atoms with E-state index in [0.29, 0.717) is 17.9 Å². The quantitative estimate of drug-likeness (QED) is 0.928. The minimum atomic E-state index is 0.385. The Morgan fingerprint density at radius 1 is 0.952 bits per heavy atom. The van der Waals surface area contributed by atoms with E-state index in [-0.39, 0.29) is 0 Å². The molecule has 0 radical (unpaired) electrons. The highest BCUT2D eigenvalue weighted by molar-refractivity contribution is 5.42. The van der Waals surface area contributed by atoms with Crippen molar-refractivity contribution in [2.45, 2.75) is 69.2 Å². The van der Waals surface area contributed by atoms with Gasteiger partial charge in [0.25, 0.3) is 0 Å². The lowest BCUT2D eigenvalue weighted by Crippen LogP contribution is -2.35. The van der Waals surface area contributed by atoms with Gasteiger partial charge in [0.15, 0.2) is 0 Å². The van der Waals surface area contributed by atoms with E-state index in [2.05, 4.69) is 11.0 Å². The van der Waals surface area contributed by atoms with E-state index in [9.17, 15) is 0 Å². The molecule has 1 aromatic rings. The van der Waals surface area contributed by atoms with Crippen molar-refractivity contribution in [2.75, 3.05) is 18.0 Å². The van der Waals surface area contributed by atoms with Crippen molar-refractivity contribution < 1.29 is 0 Å². The van der Waals surface area contributed by atoms with Gasteiger partial charge in [-0.15, -0.1) is 0 Å². The monoisotopic (exact) mass is 286 g/mol. The Bertz CT molecular complexity index is 498. The topological polar surface area (TPSA) is 55.0 Å². The predicted molar refractivity (Wildman–Crippen MR) is 84.6 cm³/mol. The summed E-state index contributed by atoms with van der Waals surface area (Å²) in [6.45, 7) is 2.31. The van der Waals surface area contributed by atoms with Crippen LogP contribution in [-0.4, -0.2) is 29.1 Å². The minimum absolute atomic E-state index is 0.385. The van der Waals surface area contributed by atoms with E-state index in [4.69, 9.17) is 15.7 Å². The first kappa shape index (κ1) is 13.5. The fraction of sp³-hybridized carbons (Fsp3) is 0.765. The molecule has 114 valence electrons. The largest absolute Gasteiger partial charge is 0.357 e. The molecule has 0 amide bonds. The minimum Gasteiger partial charge on any atom is -0.357 e. The van der Waals surface area contributed by atoms with Crippen LogP contribution in [0.3, 0.4) is 0 Å². The van der Waals surface area contributed by atoms with Crippen LogP contribution in [0.5, 0.6) is 0 Å². The lowest BCUT2D eigenvalue weighted by molar-refractivity contribution is 0.344. The van der Waals surface area contributed by atoms with Crippen LogP contribution >= 0.6 is 0 Å². The smallest absolute Gasteiger partial charge is 0.134 e. The molecule has 0 aromatic carbocycles. The lowest BCUT2D eigenvalue weighted by Gasteiger charge is -2.33. The maximum Gasteiger partial charge on any atom is 0.134 e. The van der Waals surface area contributed by atoms with Crippen LogP contribution < -0.4 is 10.6 Å². The second-order valence-electron chi connectivity index (χ2n) is 7.11. The lowest BCUT2D eigenvalue weighted by atomic mass is 9.78. The molecule has 1 aliphatic heterocycles. The fourth-order valence-electron chi connectivity index (χ4n) is 3.57. The predicted octanol–water partition coefficient (Wildman–Crippen LogP) is 2.94. The van der Waals surface area contributed by atoms with E-state index in [1.54, 1.807) is 0 Å².